The second kappa shape index (κ2) is 12.4. The van der Waals surface area contributed by atoms with Gasteiger partial charge in [0.15, 0.2) is 22.4 Å². The molecule has 0 spiro atoms. The lowest BCUT2D eigenvalue weighted by Crippen LogP contribution is -2.24. The monoisotopic (exact) mass is 501 g/mol. The minimum absolute atomic E-state index is 0.395. The Morgan fingerprint density at radius 3 is 2.53 bits per heavy atom. The highest BCUT2D eigenvalue weighted by Gasteiger charge is 2.19. The van der Waals surface area contributed by atoms with E-state index in [0.717, 1.165) is 35.6 Å². The highest BCUT2D eigenvalue weighted by Crippen LogP contribution is 2.22. The van der Waals surface area contributed by atoms with Crippen LogP contribution in [0.2, 0.25) is 0 Å². The minimum atomic E-state index is -0.538. The molecule has 0 unspecified atom stereocenters. The number of hydrogen-bond donors (Lipinski definition) is 0. The van der Waals surface area contributed by atoms with Gasteiger partial charge in [-0.1, -0.05) is 30.3 Å². The van der Waals surface area contributed by atoms with Gasteiger partial charge >= 0.3 is 5.97 Å². The molecular formula is C25H28BrNO5. The van der Waals surface area contributed by atoms with E-state index >= 15 is 0 Å². The molecule has 0 saturated carbocycles. The third-order valence-corrected chi connectivity index (χ3v) is 5.40. The molecule has 0 bridgehead atoms. The van der Waals surface area contributed by atoms with E-state index in [9.17, 15) is 4.79 Å². The van der Waals surface area contributed by atoms with Gasteiger partial charge in [0.25, 0.3) is 0 Å². The molecule has 6 nitrogen and oxygen atoms in total. The van der Waals surface area contributed by atoms with Gasteiger partial charge in [0.05, 0.1) is 12.3 Å². The van der Waals surface area contributed by atoms with Crippen LogP contribution < -0.4 is 4.74 Å². The number of carbonyl (C=O) groups is 1. The summed E-state index contributed by atoms with van der Waals surface area (Å²) in [5.74, 6) is 1.87. The van der Waals surface area contributed by atoms with Gasteiger partial charge in [-0.15, -0.1) is 0 Å². The SMILES string of the molecule is CCO[C@@H](CCCc1ccc(OCCc2nc(-c3ccccc3)oc2C)cc1)C(=O)OBr. The van der Waals surface area contributed by atoms with Crippen molar-refractivity contribution in [3.63, 3.8) is 0 Å². The number of aryl methyl sites for hydroxylation is 2. The molecule has 0 aliphatic rings. The summed E-state index contributed by atoms with van der Waals surface area (Å²) in [5.41, 5.74) is 3.06. The van der Waals surface area contributed by atoms with E-state index in [1.807, 2.05) is 68.4 Å². The first kappa shape index (κ1) is 24.0. The van der Waals surface area contributed by atoms with Crippen LogP contribution in [-0.4, -0.2) is 30.3 Å². The summed E-state index contributed by atoms with van der Waals surface area (Å²) in [6.07, 6.45) is 2.41. The Balaban J connectivity index is 1.44. The molecule has 3 aromatic rings. The summed E-state index contributed by atoms with van der Waals surface area (Å²) in [4.78, 5) is 16.3. The van der Waals surface area contributed by atoms with Gasteiger partial charge in [-0.2, -0.15) is 0 Å². The van der Waals surface area contributed by atoms with Gasteiger partial charge in [-0.3, -0.25) is 0 Å². The summed E-state index contributed by atoms with van der Waals surface area (Å²) in [7, 11) is 0. The first-order valence-corrected chi connectivity index (χ1v) is 11.4. The van der Waals surface area contributed by atoms with Gasteiger partial charge in [0, 0.05) is 18.6 Å². The lowest BCUT2D eigenvalue weighted by atomic mass is 10.1. The summed E-state index contributed by atoms with van der Waals surface area (Å²) >= 11 is 2.73. The Bertz CT molecular complexity index is 972. The number of oxazole rings is 1. The molecule has 3 rings (SSSR count). The molecule has 0 fully saturated rings. The molecule has 0 amide bonds. The molecule has 32 heavy (non-hydrogen) atoms. The largest absolute Gasteiger partial charge is 0.493 e. The van der Waals surface area contributed by atoms with Crippen molar-refractivity contribution in [3.05, 3.63) is 71.6 Å². The van der Waals surface area contributed by atoms with Crippen molar-refractivity contribution in [2.45, 2.75) is 45.6 Å². The van der Waals surface area contributed by atoms with Crippen molar-refractivity contribution in [1.82, 2.24) is 4.98 Å². The van der Waals surface area contributed by atoms with Crippen LogP contribution in [-0.2, 0) is 26.2 Å². The van der Waals surface area contributed by atoms with Gasteiger partial charge < -0.3 is 17.7 Å². The molecule has 0 N–H and O–H groups in total. The topological polar surface area (TPSA) is 70.8 Å². The lowest BCUT2D eigenvalue weighted by Gasteiger charge is -2.13. The Morgan fingerprint density at radius 1 is 1.09 bits per heavy atom. The van der Waals surface area contributed by atoms with Gasteiger partial charge in [-0.05, 0) is 62.9 Å². The first-order valence-electron chi connectivity index (χ1n) is 10.8. The average molecular weight is 502 g/mol. The van der Waals surface area contributed by atoms with Crippen molar-refractivity contribution in [2.75, 3.05) is 13.2 Å². The second-order valence-corrected chi connectivity index (χ2v) is 7.69. The molecule has 0 saturated heterocycles. The van der Waals surface area contributed by atoms with Crippen molar-refractivity contribution in [2.24, 2.45) is 0 Å². The highest BCUT2D eigenvalue weighted by molar-refractivity contribution is 9.06. The van der Waals surface area contributed by atoms with Crippen molar-refractivity contribution in [1.29, 1.82) is 0 Å². The van der Waals surface area contributed by atoms with Crippen molar-refractivity contribution in [3.8, 4) is 17.2 Å². The number of ether oxygens (including phenoxy) is 2. The van der Waals surface area contributed by atoms with E-state index < -0.39 is 12.1 Å². The van der Waals surface area contributed by atoms with Crippen LogP contribution in [0.1, 0.15) is 36.8 Å². The van der Waals surface area contributed by atoms with Crippen molar-refractivity contribution >= 4 is 22.2 Å². The Morgan fingerprint density at radius 2 is 1.84 bits per heavy atom. The standard InChI is InChI=1S/C25H28BrNO5/c1-3-29-23(25(28)32-26)11-7-8-19-12-14-21(15-13-19)30-17-16-22-18(2)31-24(27-22)20-9-5-4-6-10-20/h4-6,9-10,12-15,23H,3,7-8,11,16-17H2,1-2H3/t23-/m0/s1. The zero-order valence-corrected chi connectivity index (χ0v) is 20.0. The maximum Gasteiger partial charge on any atom is 0.346 e. The molecular weight excluding hydrogens is 474 g/mol. The molecule has 0 aliphatic heterocycles. The molecule has 0 aliphatic carbocycles. The van der Waals surface area contributed by atoms with Gasteiger partial charge in [0.1, 0.15) is 11.5 Å². The van der Waals surface area contributed by atoms with Crippen LogP contribution in [0.5, 0.6) is 5.75 Å². The highest BCUT2D eigenvalue weighted by atomic mass is 79.9. The third-order valence-electron chi connectivity index (χ3n) is 5.08. The Kier molecular flexibility index (Phi) is 9.31. The smallest absolute Gasteiger partial charge is 0.346 e. The minimum Gasteiger partial charge on any atom is -0.493 e. The molecule has 0 radical (unpaired) electrons. The quantitative estimate of drug-likeness (QED) is 0.309. The molecule has 1 atom stereocenters. The summed E-state index contributed by atoms with van der Waals surface area (Å²) in [6.45, 7) is 4.78. The predicted octanol–water partition coefficient (Wildman–Crippen LogP) is 5.85. The fourth-order valence-electron chi connectivity index (χ4n) is 3.39. The fraction of sp³-hybridized carbons (Fsp3) is 0.360. The van der Waals surface area contributed by atoms with Crippen LogP contribution in [0.3, 0.4) is 0 Å². The van der Waals surface area contributed by atoms with Crippen LogP contribution in [0.15, 0.2) is 59.0 Å². The number of carbonyl (C=O) groups excluding carboxylic acids is 1. The summed E-state index contributed by atoms with van der Waals surface area (Å²) < 4.78 is 21.7. The summed E-state index contributed by atoms with van der Waals surface area (Å²) in [5, 5.41) is 0. The zero-order valence-electron chi connectivity index (χ0n) is 18.4. The van der Waals surface area contributed by atoms with E-state index in [2.05, 4.69) is 25.1 Å². The zero-order chi connectivity index (χ0) is 22.8. The molecule has 1 aromatic heterocycles. The maximum absolute atomic E-state index is 11.7. The van der Waals surface area contributed by atoms with Crippen LogP contribution in [0.25, 0.3) is 11.5 Å². The lowest BCUT2D eigenvalue weighted by molar-refractivity contribution is -0.145. The van der Waals surface area contributed by atoms with E-state index in [-0.39, 0.29) is 0 Å². The second-order valence-electron chi connectivity index (χ2n) is 7.36. The Hall–Kier alpha value is -2.64. The number of hydrogen-bond acceptors (Lipinski definition) is 6. The van der Waals surface area contributed by atoms with E-state index in [0.29, 0.717) is 31.9 Å². The number of aromatic nitrogens is 1. The van der Waals surface area contributed by atoms with Gasteiger partial charge in [-0.25, -0.2) is 9.78 Å². The predicted molar refractivity (Wildman–Crippen MR) is 126 cm³/mol. The number of benzene rings is 2. The van der Waals surface area contributed by atoms with Crippen molar-refractivity contribution < 1.29 is 22.5 Å². The Labute approximate surface area is 197 Å². The summed E-state index contributed by atoms with van der Waals surface area (Å²) in [6, 6.07) is 17.9. The van der Waals surface area contributed by atoms with E-state index in [4.69, 9.17) is 13.9 Å². The molecule has 2 aromatic carbocycles. The molecule has 1 heterocycles. The van der Waals surface area contributed by atoms with Crippen LogP contribution in [0.4, 0.5) is 0 Å². The third kappa shape index (κ3) is 6.93. The first-order chi connectivity index (χ1) is 15.6. The van der Waals surface area contributed by atoms with Crippen LogP contribution in [0, 0.1) is 6.92 Å². The van der Waals surface area contributed by atoms with Crippen LogP contribution >= 0.6 is 16.3 Å². The van der Waals surface area contributed by atoms with E-state index in [1.165, 1.54) is 5.56 Å². The normalized spacial score (nSPS) is 11.8. The number of nitrogens with zero attached hydrogens (tertiary/aromatic N) is 1. The maximum atomic E-state index is 11.7. The molecule has 7 heteroatoms. The van der Waals surface area contributed by atoms with E-state index in [1.54, 1.807) is 0 Å². The number of halogens is 1. The van der Waals surface area contributed by atoms with Gasteiger partial charge in [0.2, 0.25) is 5.89 Å². The fourth-order valence-corrected chi connectivity index (χ4v) is 3.60. The number of rotatable bonds is 12. The molecule has 170 valence electrons. The average Bonchev–Trinajstić information content (AvgIpc) is 3.20.